The molecule has 1 aromatic heterocycles. The SMILES string of the molecule is Cc1nc(N[C@]2(CC3CCCCC3)CCNC2)ncc1/C=C/C(=O)O. The van der Waals surface area contributed by atoms with Crippen molar-refractivity contribution in [3.63, 3.8) is 0 Å². The summed E-state index contributed by atoms with van der Waals surface area (Å²) >= 11 is 0. The predicted octanol–water partition coefficient (Wildman–Crippen LogP) is 3.00. The van der Waals surface area contributed by atoms with E-state index >= 15 is 0 Å². The summed E-state index contributed by atoms with van der Waals surface area (Å²) in [6.07, 6.45) is 13.4. The summed E-state index contributed by atoms with van der Waals surface area (Å²) in [6.45, 7) is 3.86. The van der Waals surface area contributed by atoms with Crippen molar-refractivity contribution in [1.29, 1.82) is 0 Å². The van der Waals surface area contributed by atoms with E-state index in [1.807, 2.05) is 6.92 Å². The summed E-state index contributed by atoms with van der Waals surface area (Å²) in [5, 5.41) is 15.8. The molecule has 2 fully saturated rings. The van der Waals surface area contributed by atoms with Gasteiger partial charge in [0.25, 0.3) is 0 Å². The molecule has 1 aliphatic carbocycles. The molecule has 136 valence electrons. The number of carboxylic acids is 1. The van der Waals surface area contributed by atoms with E-state index in [9.17, 15) is 4.79 Å². The quantitative estimate of drug-likeness (QED) is 0.688. The van der Waals surface area contributed by atoms with Gasteiger partial charge < -0.3 is 15.7 Å². The summed E-state index contributed by atoms with van der Waals surface area (Å²) < 4.78 is 0. The van der Waals surface area contributed by atoms with Crippen LogP contribution in [0, 0.1) is 12.8 Å². The van der Waals surface area contributed by atoms with E-state index in [0.29, 0.717) is 5.95 Å². The first-order valence-corrected chi connectivity index (χ1v) is 9.30. The molecule has 1 aliphatic heterocycles. The van der Waals surface area contributed by atoms with Crippen molar-refractivity contribution in [2.24, 2.45) is 5.92 Å². The zero-order valence-electron chi connectivity index (χ0n) is 14.9. The fourth-order valence-electron chi connectivity index (χ4n) is 4.12. The Balaban J connectivity index is 1.71. The van der Waals surface area contributed by atoms with Crippen LogP contribution in [0.15, 0.2) is 12.3 Å². The molecule has 2 heterocycles. The average Bonchev–Trinajstić information content (AvgIpc) is 3.03. The highest BCUT2D eigenvalue weighted by Crippen LogP contribution is 2.34. The maximum Gasteiger partial charge on any atom is 0.328 e. The second-order valence-corrected chi connectivity index (χ2v) is 7.45. The van der Waals surface area contributed by atoms with Gasteiger partial charge in [-0.05, 0) is 38.3 Å². The number of nitrogens with one attached hydrogen (secondary N) is 2. The smallest absolute Gasteiger partial charge is 0.328 e. The molecule has 1 atom stereocenters. The van der Waals surface area contributed by atoms with Gasteiger partial charge >= 0.3 is 5.97 Å². The maximum absolute atomic E-state index is 10.7. The Hall–Kier alpha value is -1.95. The fourth-order valence-corrected chi connectivity index (χ4v) is 4.12. The largest absolute Gasteiger partial charge is 0.478 e. The number of aryl methyl sites for hydroxylation is 1. The standard InChI is InChI=1S/C19H28N4O2/c1-14-16(7-8-17(24)25)12-21-18(22-14)23-19(9-10-20-13-19)11-15-5-3-2-4-6-15/h7-8,12,15,20H,2-6,9-11,13H2,1H3,(H,24,25)(H,21,22,23)/b8-7+/t19-/m0/s1. The molecule has 6 nitrogen and oxygen atoms in total. The van der Waals surface area contributed by atoms with Crippen molar-refractivity contribution in [1.82, 2.24) is 15.3 Å². The zero-order chi connectivity index (χ0) is 17.7. The molecular formula is C19H28N4O2. The Morgan fingerprint density at radius 2 is 2.24 bits per heavy atom. The number of anilines is 1. The predicted molar refractivity (Wildman–Crippen MR) is 98.5 cm³/mol. The van der Waals surface area contributed by atoms with Gasteiger partial charge in [-0.1, -0.05) is 32.1 Å². The van der Waals surface area contributed by atoms with Gasteiger partial charge in [-0.3, -0.25) is 0 Å². The van der Waals surface area contributed by atoms with Crippen LogP contribution in [0.4, 0.5) is 5.95 Å². The molecule has 0 bridgehead atoms. The first-order chi connectivity index (χ1) is 12.1. The van der Waals surface area contributed by atoms with Crippen LogP contribution in [0.25, 0.3) is 6.08 Å². The lowest BCUT2D eigenvalue weighted by Gasteiger charge is -2.35. The van der Waals surface area contributed by atoms with E-state index in [1.54, 1.807) is 6.20 Å². The van der Waals surface area contributed by atoms with Crippen LogP contribution in [0.1, 0.15) is 56.2 Å². The normalized spacial score (nSPS) is 24.7. The van der Waals surface area contributed by atoms with E-state index < -0.39 is 5.97 Å². The lowest BCUT2D eigenvalue weighted by Crippen LogP contribution is -2.43. The Labute approximate surface area is 149 Å². The van der Waals surface area contributed by atoms with E-state index in [-0.39, 0.29) is 5.54 Å². The van der Waals surface area contributed by atoms with E-state index in [0.717, 1.165) is 42.8 Å². The topological polar surface area (TPSA) is 87.1 Å². The monoisotopic (exact) mass is 344 g/mol. The van der Waals surface area contributed by atoms with Crippen LogP contribution in [0.2, 0.25) is 0 Å². The summed E-state index contributed by atoms with van der Waals surface area (Å²) in [6, 6.07) is 0. The van der Waals surface area contributed by atoms with Gasteiger partial charge in [-0.25, -0.2) is 14.8 Å². The van der Waals surface area contributed by atoms with Crippen LogP contribution in [0.5, 0.6) is 0 Å². The maximum atomic E-state index is 10.7. The molecule has 0 radical (unpaired) electrons. The highest BCUT2D eigenvalue weighted by atomic mass is 16.4. The highest BCUT2D eigenvalue weighted by Gasteiger charge is 2.37. The van der Waals surface area contributed by atoms with Crippen molar-refractivity contribution in [2.75, 3.05) is 18.4 Å². The Morgan fingerprint density at radius 1 is 1.44 bits per heavy atom. The lowest BCUT2D eigenvalue weighted by atomic mass is 9.79. The highest BCUT2D eigenvalue weighted by molar-refractivity contribution is 5.85. The number of hydrogen-bond donors (Lipinski definition) is 3. The molecule has 1 aromatic rings. The molecule has 0 amide bonds. The fraction of sp³-hybridized carbons (Fsp3) is 0.632. The molecule has 25 heavy (non-hydrogen) atoms. The van der Waals surface area contributed by atoms with Crippen LogP contribution in [0.3, 0.4) is 0 Å². The number of carbonyl (C=O) groups is 1. The third kappa shape index (κ3) is 4.78. The molecule has 0 aromatic carbocycles. The minimum Gasteiger partial charge on any atom is -0.478 e. The minimum absolute atomic E-state index is 0.0346. The number of nitrogens with zero attached hydrogens (tertiary/aromatic N) is 2. The molecule has 0 unspecified atom stereocenters. The summed E-state index contributed by atoms with van der Waals surface area (Å²) in [7, 11) is 0. The Morgan fingerprint density at radius 3 is 2.88 bits per heavy atom. The van der Waals surface area contributed by atoms with Crippen molar-refractivity contribution in [2.45, 2.75) is 57.4 Å². The van der Waals surface area contributed by atoms with Crippen LogP contribution >= 0.6 is 0 Å². The molecule has 2 aliphatic rings. The van der Waals surface area contributed by atoms with Crippen LogP contribution < -0.4 is 10.6 Å². The van der Waals surface area contributed by atoms with Crippen molar-refractivity contribution in [3.05, 3.63) is 23.5 Å². The lowest BCUT2D eigenvalue weighted by molar-refractivity contribution is -0.131. The van der Waals surface area contributed by atoms with E-state index in [4.69, 9.17) is 5.11 Å². The molecular weight excluding hydrogens is 316 g/mol. The summed E-state index contributed by atoms with van der Waals surface area (Å²) in [5.74, 6) is 0.467. The van der Waals surface area contributed by atoms with Gasteiger partial charge in [0.1, 0.15) is 0 Å². The number of aromatic nitrogens is 2. The molecule has 3 N–H and O–H groups in total. The van der Waals surface area contributed by atoms with Gasteiger partial charge in [0.2, 0.25) is 5.95 Å². The molecule has 0 spiro atoms. The minimum atomic E-state index is -0.968. The third-order valence-electron chi connectivity index (χ3n) is 5.45. The molecule has 6 heteroatoms. The molecule has 3 rings (SSSR count). The average molecular weight is 344 g/mol. The Kier molecular flexibility index (Phi) is 5.68. The first kappa shape index (κ1) is 17.9. The second kappa shape index (κ2) is 7.95. The molecule has 1 saturated heterocycles. The number of carboxylic acid groups (broad SMARTS) is 1. The van der Waals surface area contributed by atoms with Crippen molar-refractivity contribution < 1.29 is 9.90 Å². The Bertz CT molecular complexity index is 632. The number of rotatable bonds is 6. The van der Waals surface area contributed by atoms with Crippen LogP contribution in [-0.4, -0.2) is 39.7 Å². The second-order valence-electron chi connectivity index (χ2n) is 7.45. The third-order valence-corrected chi connectivity index (χ3v) is 5.45. The molecule has 1 saturated carbocycles. The van der Waals surface area contributed by atoms with Gasteiger partial charge in [-0.2, -0.15) is 0 Å². The van der Waals surface area contributed by atoms with E-state index in [2.05, 4.69) is 20.6 Å². The van der Waals surface area contributed by atoms with Gasteiger partial charge in [0, 0.05) is 24.4 Å². The zero-order valence-corrected chi connectivity index (χ0v) is 14.9. The number of hydrogen-bond acceptors (Lipinski definition) is 5. The summed E-state index contributed by atoms with van der Waals surface area (Å²) in [5.41, 5.74) is 1.56. The van der Waals surface area contributed by atoms with Crippen molar-refractivity contribution >= 4 is 18.0 Å². The van der Waals surface area contributed by atoms with Gasteiger partial charge in [0.05, 0.1) is 11.2 Å². The van der Waals surface area contributed by atoms with E-state index in [1.165, 1.54) is 44.6 Å². The first-order valence-electron chi connectivity index (χ1n) is 9.30. The van der Waals surface area contributed by atoms with Crippen molar-refractivity contribution in [3.8, 4) is 0 Å². The summed E-state index contributed by atoms with van der Waals surface area (Å²) in [4.78, 5) is 19.6. The van der Waals surface area contributed by atoms with Gasteiger partial charge in [-0.15, -0.1) is 0 Å². The van der Waals surface area contributed by atoms with Crippen LogP contribution in [-0.2, 0) is 4.79 Å². The number of aliphatic carboxylic acids is 1. The van der Waals surface area contributed by atoms with Gasteiger partial charge in [0.15, 0.2) is 0 Å².